The molecule has 2 aromatic rings. The van der Waals surface area contributed by atoms with Gasteiger partial charge in [0.25, 0.3) is 5.69 Å². The molecule has 0 saturated carbocycles. The average molecular weight is 260 g/mol. The molecule has 1 aromatic heterocycles. The second-order valence-electron chi connectivity index (χ2n) is 4.24. The molecular formula is C13H12N2O4. The first-order chi connectivity index (χ1) is 8.99. The number of allylic oxidation sites excluding steroid dienone is 1. The van der Waals surface area contributed by atoms with Gasteiger partial charge in [0.15, 0.2) is 0 Å². The zero-order chi connectivity index (χ0) is 14.0. The molecule has 0 spiro atoms. The smallest absolute Gasteiger partial charge is 0.328 e. The van der Waals surface area contributed by atoms with E-state index < -0.39 is 10.9 Å². The average Bonchev–Trinajstić information content (AvgIpc) is 2.71. The largest absolute Gasteiger partial charge is 0.478 e. The molecule has 0 amide bonds. The fourth-order valence-electron chi connectivity index (χ4n) is 2.03. The van der Waals surface area contributed by atoms with Crippen LogP contribution in [0.15, 0.2) is 42.1 Å². The summed E-state index contributed by atoms with van der Waals surface area (Å²) >= 11 is 0. The highest BCUT2D eigenvalue weighted by Crippen LogP contribution is 2.26. The topological polar surface area (TPSA) is 85.4 Å². The van der Waals surface area contributed by atoms with Gasteiger partial charge in [0, 0.05) is 24.9 Å². The van der Waals surface area contributed by atoms with E-state index in [0.29, 0.717) is 23.0 Å². The van der Waals surface area contributed by atoms with Crippen molar-refractivity contribution in [1.29, 1.82) is 0 Å². The van der Waals surface area contributed by atoms with Crippen LogP contribution in [-0.2, 0) is 11.3 Å². The maximum Gasteiger partial charge on any atom is 0.328 e. The lowest BCUT2D eigenvalue weighted by Gasteiger charge is -2.05. The van der Waals surface area contributed by atoms with E-state index in [-0.39, 0.29) is 5.69 Å². The van der Waals surface area contributed by atoms with E-state index >= 15 is 0 Å². The van der Waals surface area contributed by atoms with Crippen molar-refractivity contribution >= 4 is 22.6 Å². The summed E-state index contributed by atoms with van der Waals surface area (Å²) in [6, 6.07) is 6.51. The number of carboxylic acid groups (broad SMARTS) is 1. The summed E-state index contributed by atoms with van der Waals surface area (Å²) in [6.45, 7) is 2.09. The van der Waals surface area contributed by atoms with E-state index in [1.165, 1.54) is 6.07 Å². The van der Waals surface area contributed by atoms with Gasteiger partial charge in [-0.05, 0) is 24.6 Å². The van der Waals surface area contributed by atoms with Crippen molar-refractivity contribution in [2.75, 3.05) is 0 Å². The summed E-state index contributed by atoms with van der Waals surface area (Å²) < 4.78 is 1.79. The van der Waals surface area contributed by atoms with Crippen molar-refractivity contribution in [3.63, 3.8) is 0 Å². The molecule has 0 saturated heterocycles. The molecule has 2 rings (SSSR count). The van der Waals surface area contributed by atoms with E-state index in [0.717, 1.165) is 6.08 Å². The standard InChI is InChI=1S/C13H12N2O4/c1-9(7-13(16)17)8-14-6-5-10-11(14)3-2-4-12(10)15(18)19/h2-7H,8H2,1H3,(H,16,17). The number of aromatic nitrogens is 1. The van der Waals surface area contributed by atoms with Gasteiger partial charge in [0.2, 0.25) is 0 Å². The van der Waals surface area contributed by atoms with Crippen molar-refractivity contribution in [1.82, 2.24) is 4.57 Å². The number of nitro groups is 1. The van der Waals surface area contributed by atoms with Gasteiger partial charge in [-0.1, -0.05) is 6.07 Å². The lowest BCUT2D eigenvalue weighted by atomic mass is 10.2. The number of nitro benzene ring substituents is 1. The predicted octanol–water partition coefficient (Wildman–Crippen LogP) is 2.58. The number of hydrogen-bond acceptors (Lipinski definition) is 3. The van der Waals surface area contributed by atoms with Crippen LogP contribution < -0.4 is 0 Å². The maximum atomic E-state index is 10.9. The highest BCUT2D eigenvalue weighted by molar-refractivity contribution is 5.89. The Morgan fingerprint density at radius 2 is 2.21 bits per heavy atom. The van der Waals surface area contributed by atoms with E-state index in [4.69, 9.17) is 5.11 Å². The fourth-order valence-corrected chi connectivity index (χ4v) is 2.03. The lowest BCUT2D eigenvalue weighted by Crippen LogP contribution is -2.00. The lowest BCUT2D eigenvalue weighted by molar-refractivity contribution is -0.383. The van der Waals surface area contributed by atoms with Crippen LogP contribution in [0.1, 0.15) is 6.92 Å². The van der Waals surface area contributed by atoms with Gasteiger partial charge in [-0.25, -0.2) is 4.79 Å². The summed E-state index contributed by atoms with van der Waals surface area (Å²) in [6.07, 6.45) is 2.85. The number of carboxylic acids is 1. The van der Waals surface area contributed by atoms with Crippen molar-refractivity contribution in [3.05, 3.63) is 52.2 Å². The van der Waals surface area contributed by atoms with Gasteiger partial charge >= 0.3 is 5.97 Å². The van der Waals surface area contributed by atoms with Gasteiger partial charge in [-0.3, -0.25) is 10.1 Å². The third kappa shape index (κ3) is 2.62. The summed E-state index contributed by atoms with van der Waals surface area (Å²) in [5.74, 6) is -1.00. The molecule has 0 radical (unpaired) electrons. The molecule has 0 unspecified atom stereocenters. The second-order valence-corrected chi connectivity index (χ2v) is 4.24. The number of benzene rings is 1. The number of fused-ring (bicyclic) bond motifs is 1. The molecule has 0 fully saturated rings. The Labute approximate surface area is 108 Å². The van der Waals surface area contributed by atoms with E-state index in [2.05, 4.69) is 0 Å². The Morgan fingerprint density at radius 1 is 1.47 bits per heavy atom. The Bertz CT molecular complexity index is 685. The van der Waals surface area contributed by atoms with Crippen LogP contribution in [0.3, 0.4) is 0 Å². The molecule has 0 aliphatic carbocycles. The molecule has 98 valence electrons. The Hall–Kier alpha value is -2.63. The Kier molecular flexibility index (Phi) is 3.33. The highest BCUT2D eigenvalue weighted by atomic mass is 16.6. The third-order valence-corrected chi connectivity index (χ3v) is 2.78. The molecule has 1 heterocycles. The molecule has 0 bridgehead atoms. The minimum atomic E-state index is -1.00. The monoisotopic (exact) mass is 260 g/mol. The van der Waals surface area contributed by atoms with Gasteiger partial charge in [0.1, 0.15) is 0 Å². The van der Waals surface area contributed by atoms with Crippen molar-refractivity contribution in [2.45, 2.75) is 13.5 Å². The zero-order valence-electron chi connectivity index (χ0n) is 10.2. The molecule has 6 heteroatoms. The molecule has 1 aromatic carbocycles. The number of nitrogens with zero attached hydrogens (tertiary/aromatic N) is 2. The minimum Gasteiger partial charge on any atom is -0.478 e. The SMILES string of the molecule is CC(=CC(=O)O)Cn1ccc2c([N+](=O)[O-])cccc21. The van der Waals surface area contributed by atoms with Gasteiger partial charge < -0.3 is 9.67 Å². The normalized spacial score (nSPS) is 11.7. The van der Waals surface area contributed by atoms with Crippen LogP contribution in [-0.4, -0.2) is 20.6 Å². The molecule has 0 aliphatic rings. The summed E-state index contributed by atoms with van der Waals surface area (Å²) in [5, 5.41) is 20.1. The number of carbonyl (C=O) groups is 1. The number of hydrogen-bond donors (Lipinski definition) is 1. The summed E-state index contributed by atoms with van der Waals surface area (Å²) in [4.78, 5) is 21.0. The zero-order valence-corrected chi connectivity index (χ0v) is 10.2. The first kappa shape index (κ1) is 12.8. The van der Waals surface area contributed by atoms with Crippen molar-refractivity contribution < 1.29 is 14.8 Å². The van der Waals surface area contributed by atoms with Gasteiger partial charge in [-0.15, -0.1) is 0 Å². The number of non-ortho nitro benzene ring substituents is 1. The predicted molar refractivity (Wildman–Crippen MR) is 70.0 cm³/mol. The number of rotatable bonds is 4. The van der Waals surface area contributed by atoms with Crippen molar-refractivity contribution in [3.8, 4) is 0 Å². The number of aliphatic carboxylic acids is 1. The molecular weight excluding hydrogens is 248 g/mol. The Morgan fingerprint density at radius 3 is 2.84 bits per heavy atom. The molecule has 6 nitrogen and oxygen atoms in total. The highest BCUT2D eigenvalue weighted by Gasteiger charge is 2.13. The Balaban J connectivity index is 2.44. The molecule has 19 heavy (non-hydrogen) atoms. The van der Waals surface area contributed by atoms with Crippen LogP contribution in [0.5, 0.6) is 0 Å². The van der Waals surface area contributed by atoms with E-state index in [1.54, 1.807) is 35.9 Å². The van der Waals surface area contributed by atoms with E-state index in [1.807, 2.05) is 0 Å². The molecule has 0 aliphatic heterocycles. The van der Waals surface area contributed by atoms with Crippen LogP contribution >= 0.6 is 0 Å². The van der Waals surface area contributed by atoms with Gasteiger partial charge in [-0.2, -0.15) is 0 Å². The quantitative estimate of drug-likeness (QED) is 0.520. The molecule has 0 atom stereocenters. The van der Waals surface area contributed by atoms with Crippen LogP contribution in [0, 0.1) is 10.1 Å². The van der Waals surface area contributed by atoms with Gasteiger partial charge in [0.05, 0.1) is 15.8 Å². The summed E-state index contributed by atoms with van der Waals surface area (Å²) in [5.41, 5.74) is 1.43. The molecule has 1 N–H and O–H groups in total. The summed E-state index contributed by atoms with van der Waals surface area (Å²) in [7, 11) is 0. The first-order valence-corrected chi connectivity index (χ1v) is 5.61. The third-order valence-electron chi connectivity index (χ3n) is 2.78. The van der Waals surface area contributed by atoms with Crippen LogP contribution in [0.2, 0.25) is 0 Å². The van der Waals surface area contributed by atoms with Crippen LogP contribution in [0.25, 0.3) is 10.9 Å². The first-order valence-electron chi connectivity index (χ1n) is 5.61. The maximum absolute atomic E-state index is 10.9. The van der Waals surface area contributed by atoms with E-state index in [9.17, 15) is 14.9 Å². The fraction of sp³-hybridized carbons (Fsp3) is 0.154. The van der Waals surface area contributed by atoms with Crippen molar-refractivity contribution in [2.24, 2.45) is 0 Å². The second kappa shape index (κ2) is 4.93. The minimum absolute atomic E-state index is 0.0520. The van der Waals surface area contributed by atoms with Crippen LogP contribution in [0.4, 0.5) is 5.69 Å².